The number of hydrogen-bond donors (Lipinski definition) is 1. The van der Waals surface area contributed by atoms with E-state index >= 15 is 0 Å². The lowest BCUT2D eigenvalue weighted by Crippen LogP contribution is -2.11. The molecule has 1 N–H and O–H groups in total. The number of rotatable bonds is 12. The van der Waals surface area contributed by atoms with Crippen molar-refractivity contribution in [1.82, 2.24) is 14.9 Å². The van der Waals surface area contributed by atoms with E-state index in [9.17, 15) is 11.4 Å². The van der Waals surface area contributed by atoms with Crippen LogP contribution in [0.15, 0.2) is 66.6 Å². The van der Waals surface area contributed by atoms with E-state index < -0.39 is 156 Å². The van der Waals surface area contributed by atoms with Crippen LogP contribution in [0.3, 0.4) is 0 Å². The second-order valence-electron chi connectivity index (χ2n) is 8.15. The molecule has 0 saturated carbocycles. The molecular weight excluding hydrogens is 538 g/mol. The maximum absolute atomic E-state index is 13.5. The van der Waals surface area contributed by atoms with Gasteiger partial charge in [0.25, 0.3) is 0 Å². The zero-order chi connectivity index (χ0) is 45.7. The number of hydrogen-bond acceptors (Lipinski definition) is 8. The second kappa shape index (κ2) is 13.8. The Labute approximate surface area is 271 Å². The average molecular weight is 589 g/mol. The van der Waals surface area contributed by atoms with Gasteiger partial charge in [-0.25, -0.2) is 0 Å². The summed E-state index contributed by atoms with van der Waals surface area (Å²) in [5, 5.41) is 11.5. The number of benzene rings is 2. The monoisotopic (exact) mass is 588 g/mol. The minimum Gasteiger partial charge on any atom is -0.494 e. The summed E-state index contributed by atoms with van der Waals surface area (Å²) >= 11 is 6.45. The third-order valence-corrected chi connectivity index (χ3v) is 5.30. The van der Waals surface area contributed by atoms with Crippen LogP contribution in [0.25, 0.3) is 10.9 Å². The first-order chi connectivity index (χ1) is 27.5. The number of fused-ring (bicyclic) bond motifs is 1. The van der Waals surface area contributed by atoms with Crippen LogP contribution < -0.4 is 14.8 Å². The normalized spacial score (nSPS) is 19.2. The van der Waals surface area contributed by atoms with Gasteiger partial charge in [-0.15, -0.1) is 0 Å². The van der Waals surface area contributed by atoms with E-state index in [4.69, 9.17) is 45.7 Å². The fraction of sp³-hybridized carbons (Fsp3) is 0.250. The van der Waals surface area contributed by atoms with Gasteiger partial charge in [-0.1, -0.05) is 23.7 Å². The number of allylic oxidation sites excluding steroid dienone is 1. The number of aryl methyl sites for hydroxylation is 1. The first-order valence-corrected chi connectivity index (χ1v) is 11.9. The van der Waals surface area contributed by atoms with E-state index in [-0.39, 0.29) is 17.4 Å². The van der Waals surface area contributed by atoms with Crippen LogP contribution in [0.2, 0.25) is 5.02 Å². The first kappa shape index (κ1) is 13.5. The summed E-state index contributed by atoms with van der Waals surface area (Å²) in [6.45, 7) is -9.73. The van der Waals surface area contributed by atoms with Gasteiger partial charge in [0.2, 0.25) is 0 Å². The third-order valence-electron chi connectivity index (χ3n) is 5.04. The van der Waals surface area contributed by atoms with Gasteiger partial charge < -0.3 is 19.7 Å². The summed E-state index contributed by atoms with van der Waals surface area (Å²) in [5.74, 6) is -2.90. The number of carbonyl (C=O) groups excluding carboxylic acids is 1. The molecule has 0 fully saturated rings. The van der Waals surface area contributed by atoms with Gasteiger partial charge in [-0.3, -0.25) is 14.8 Å². The fourth-order valence-corrected chi connectivity index (χ4v) is 3.52. The minimum absolute atomic E-state index is 0.101. The molecule has 4 aromatic rings. The second-order valence-corrected chi connectivity index (χ2v) is 8.53. The van der Waals surface area contributed by atoms with Crippen molar-refractivity contribution in [2.75, 3.05) is 32.4 Å². The van der Waals surface area contributed by atoms with E-state index in [0.717, 1.165) is 7.05 Å². The maximum Gasteiger partial charge on any atom is 0.159 e. The molecule has 2 heterocycles. The number of carbonyl (C=O) groups is 1. The SMILES string of the molecule is [2H]/C(CN(C)C([2H])([2H])[2H])=C(/[2H])C(=O)Cc1c(OC([2H])([2H])C([2H])([2H])[2H])c([2H])c2nc([2H])c(C#N)c(Nc3c([2H])c([2H])c(OCc4nc(C)c([2H])c([2H])c4[2H])c(Cl)c3[2H])c2c1[2H]. The van der Waals surface area contributed by atoms with E-state index in [1.54, 1.807) is 6.07 Å². The van der Waals surface area contributed by atoms with Crippen LogP contribution in [-0.4, -0.2) is 47.8 Å². The Morgan fingerprint density at radius 3 is 2.98 bits per heavy atom. The smallest absolute Gasteiger partial charge is 0.159 e. The number of nitrogens with one attached hydrogen (secondary N) is 1. The van der Waals surface area contributed by atoms with Crippen molar-refractivity contribution in [1.29, 1.82) is 5.26 Å². The van der Waals surface area contributed by atoms with Gasteiger partial charge in [0.1, 0.15) is 24.2 Å². The molecule has 0 spiro atoms. The Morgan fingerprint density at radius 2 is 2.17 bits per heavy atom. The number of anilines is 2. The van der Waals surface area contributed by atoms with Crippen molar-refractivity contribution in [3.63, 3.8) is 0 Å². The molecule has 41 heavy (non-hydrogen) atoms. The van der Waals surface area contributed by atoms with Gasteiger partial charge in [0.05, 0.1) is 51.9 Å². The number of nitrogens with zero attached hydrogens (tertiary/aromatic N) is 4. The van der Waals surface area contributed by atoms with Gasteiger partial charge in [0.15, 0.2) is 5.78 Å². The zero-order valence-electron chi connectivity index (χ0n) is 40.5. The Balaban J connectivity index is 1.98. The molecule has 0 aliphatic rings. The van der Waals surface area contributed by atoms with Crippen LogP contribution in [0.4, 0.5) is 11.4 Å². The first-order valence-electron chi connectivity index (χ1n) is 21.1. The van der Waals surface area contributed by atoms with E-state index in [1.165, 1.54) is 6.92 Å². The lowest BCUT2D eigenvalue weighted by Gasteiger charge is -2.16. The molecule has 0 unspecified atom stereocenters. The largest absolute Gasteiger partial charge is 0.494 e. The topological polar surface area (TPSA) is 100 Å². The average Bonchev–Trinajstić information content (AvgIpc) is 3.15. The summed E-state index contributed by atoms with van der Waals surface area (Å²) in [5.41, 5.74) is -3.43. The Morgan fingerprint density at radius 1 is 1.29 bits per heavy atom. The zero-order valence-corrected chi connectivity index (χ0v) is 22.3. The highest BCUT2D eigenvalue weighted by atomic mass is 35.5. The number of nitriles is 1. The predicted molar refractivity (Wildman–Crippen MR) is 162 cm³/mol. The number of pyridine rings is 2. The van der Waals surface area contributed by atoms with Gasteiger partial charge in [0, 0.05) is 55.7 Å². The molecule has 0 amide bonds. The van der Waals surface area contributed by atoms with Crippen molar-refractivity contribution >= 4 is 39.7 Å². The number of ketones is 1. The quantitative estimate of drug-likeness (QED) is 0.189. The molecule has 0 radical (unpaired) electrons. The number of aromatic nitrogens is 2. The summed E-state index contributed by atoms with van der Waals surface area (Å²) in [6, 6.07) is -5.67. The summed E-state index contributed by atoms with van der Waals surface area (Å²) in [7, 11) is 1.09. The summed E-state index contributed by atoms with van der Waals surface area (Å²) in [6.07, 6.45) is -2.06. The van der Waals surface area contributed by atoms with Gasteiger partial charge in [-0.05, 0) is 70.1 Å². The van der Waals surface area contributed by atoms with Crippen molar-refractivity contribution in [2.24, 2.45) is 0 Å². The predicted octanol–water partition coefficient (Wildman–Crippen LogP) is 6.41. The molecule has 0 atom stereocenters. The van der Waals surface area contributed by atoms with E-state index in [1.807, 2.05) is 0 Å². The molecule has 2 aromatic carbocycles. The van der Waals surface area contributed by atoms with E-state index in [2.05, 4.69) is 15.3 Å². The fourth-order valence-electron chi connectivity index (χ4n) is 3.32. The van der Waals surface area contributed by atoms with Crippen LogP contribution >= 0.6 is 11.6 Å². The van der Waals surface area contributed by atoms with Crippen molar-refractivity contribution in [3.8, 4) is 17.6 Å². The Bertz CT molecular complexity index is 2470. The highest BCUT2D eigenvalue weighted by Crippen LogP contribution is 2.36. The van der Waals surface area contributed by atoms with Crippen LogP contribution in [-0.2, 0) is 17.8 Å². The molecule has 0 aliphatic heterocycles. The lowest BCUT2D eigenvalue weighted by molar-refractivity contribution is -0.114. The highest BCUT2D eigenvalue weighted by molar-refractivity contribution is 6.32. The van der Waals surface area contributed by atoms with Gasteiger partial charge in [-0.2, -0.15) is 5.26 Å². The summed E-state index contributed by atoms with van der Waals surface area (Å²) < 4.78 is 165. The molecule has 210 valence electrons. The molecule has 0 saturated heterocycles. The molecule has 2 aromatic heterocycles. The summed E-state index contributed by atoms with van der Waals surface area (Å²) in [4.78, 5) is 22.1. The molecule has 9 heteroatoms. The van der Waals surface area contributed by atoms with Crippen LogP contribution in [0.5, 0.6) is 11.5 Å². The van der Waals surface area contributed by atoms with Crippen molar-refractivity contribution < 1.29 is 40.3 Å². The van der Waals surface area contributed by atoms with Crippen LogP contribution in [0, 0.1) is 18.3 Å². The van der Waals surface area contributed by atoms with Gasteiger partial charge >= 0.3 is 0 Å². The van der Waals surface area contributed by atoms with Crippen molar-refractivity contribution in [3.05, 3.63) is 94.2 Å². The number of likely N-dealkylation sites (N-methyl/N-ethyl adjacent to an activating group) is 1. The maximum atomic E-state index is 13.5. The Hall–Kier alpha value is -4.45. The minimum atomic E-state index is -3.60. The number of halogens is 1. The highest BCUT2D eigenvalue weighted by Gasteiger charge is 2.16. The van der Waals surface area contributed by atoms with E-state index in [0.29, 0.717) is 4.90 Å². The molecule has 0 aliphatic carbocycles. The Kier molecular flexibility index (Phi) is 4.52. The number of ether oxygens (including phenoxy) is 2. The lowest BCUT2D eigenvalue weighted by atomic mass is 10.0. The van der Waals surface area contributed by atoms with Crippen molar-refractivity contribution in [2.45, 2.75) is 26.8 Å². The molecule has 0 bridgehead atoms. The third kappa shape index (κ3) is 7.82. The molecule has 4 rings (SSSR count). The molecular formula is C32H32ClN5O3. The standard InChI is InChI=1S/C32H32ClN5O3/c1-5-40-31-17-29-27(15-22(31)14-26(39)10-7-13-38(3)4)32(23(18-34)19-35-29)37-24-11-12-30(28(33)16-24)41-20-25-9-6-8-21(2)36-25/h6-12,15-17,19H,5,13-14,20H2,1-4H3,(H,35,37)/b10-7+/i1D3,3D3,5D2,6D,7D,8D,9D,10D,11D,12D,15D,16D,17D,19D. The molecule has 8 nitrogen and oxygen atoms in total. The van der Waals surface area contributed by atoms with Crippen LogP contribution in [0.1, 0.15) is 55.4 Å².